The second-order valence-electron chi connectivity index (χ2n) is 8.63. The fraction of sp³-hybridized carbons (Fsp3) is 0.483. The standard InChI is InChI=1S/C29H39ClO8S/c1-5-9-16-36-27-20-23(21-28(34-7-3)29(31)35-8-4)12-14-26(27)37-17-15-22-11-13-25(24(30)19-22)38-39(32,33)18-10-6-2/h11-14,19-21H,5-10,15-18H2,1-4H3/b28-21-. The van der Waals surface area contributed by atoms with E-state index in [1.165, 1.54) is 0 Å². The van der Waals surface area contributed by atoms with E-state index >= 15 is 0 Å². The normalized spacial score (nSPS) is 11.7. The quantitative estimate of drug-likeness (QED) is 0.0638. The minimum absolute atomic E-state index is 0.0531. The van der Waals surface area contributed by atoms with Crippen molar-refractivity contribution in [2.75, 3.05) is 32.2 Å². The minimum atomic E-state index is -3.68. The molecule has 0 aliphatic rings. The summed E-state index contributed by atoms with van der Waals surface area (Å²) in [6.45, 7) is 8.96. The fourth-order valence-corrected chi connectivity index (χ4v) is 4.82. The molecule has 0 bridgehead atoms. The van der Waals surface area contributed by atoms with Crippen molar-refractivity contribution >= 4 is 33.8 Å². The number of halogens is 1. The van der Waals surface area contributed by atoms with Crippen molar-refractivity contribution in [1.82, 2.24) is 0 Å². The molecule has 0 spiro atoms. The highest BCUT2D eigenvalue weighted by atomic mass is 35.5. The van der Waals surface area contributed by atoms with Gasteiger partial charge in [0.25, 0.3) is 0 Å². The van der Waals surface area contributed by atoms with Crippen molar-refractivity contribution in [3.63, 3.8) is 0 Å². The molecule has 0 amide bonds. The molecule has 0 unspecified atom stereocenters. The Morgan fingerprint density at radius 3 is 2.21 bits per heavy atom. The Morgan fingerprint density at radius 2 is 1.54 bits per heavy atom. The van der Waals surface area contributed by atoms with Gasteiger partial charge in [0.2, 0.25) is 5.76 Å². The Hall–Kier alpha value is -2.91. The van der Waals surface area contributed by atoms with Crippen molar-refractivity contribution in [2.45, 2.75) is 59.8 Å². The summed E-state index contributed by atoms with van der Waals surface area (Å²) in [6, 6.07) is 10.4. The number of carbonyl (C=O) groups excluding carboxylic acids is 1. The molecule has 0 atom stereocenters. The van der Waals surface area contributed by atoms with Gasteiger partial charge >= 0.3 is 16.1 Å². The van der Waals surface area contributed by atoms with Crippen LogP contribution in [0.25, 0.3) is 6.08 Å². The van der Waals surface area contributed by atoms with Crippen molar-refractivity contribution in [3.05, 3.63) is 58.3 Å². The van der Waals surface area contributed by atoms with Crippen LogP contribution in [0.15, 0.2) is 42.2 Å². The van der Waals surface area contributed by atoms with E-state index in [4.69, 9.17) is 34.7 Å². The first-order chi connectivity index (χ1) is 18.7. The zero-order valence-corrected chi connectivity index (χ0v) is 24.7. The topological polar surface area (TPSA) is 97.4 Å². The monoisotopic (exact) mass is 582 g/mol. The van der Waals surface area contributed by atoms with Gasteiger partial charge in [-0.1, -0.05) is 50.4 Å². The average Bonchev–Trinajstić information content (AvgIpc) is 2.90. The number of benzene rings is 2. The van der Waals surface area contributed by atoms with Crippen LogP contribution in [-0.4, -0.2) is 46.6 Å². The maximum atomic E-state index is 12.2. The molecule has 0 aromatic heterocycles. The van der Waals surface area contributed by atoms with Crippen LogP contribution in [0, 0.1) is 0 Å². The van der Waals surface area contributed by atoms with Gasteiger partial charge in [0, 0.05) is 6.42 Å². The predicted molar refractivity (Wildman–Crippen MR) is 153 cm³/mol. The van der Waals surface area contributed by atoms with Crippen molar-refractivity contribution in [1.29, 1.82) is 0 Å². The number of esters is 1. The number of carbonyl (C=O) groups is 1. The lowest BCUT2D eigenvalue weighted by molar-refractivity contribution is -0.142. The van der Waals surface area contributed by atoms with Crippen LogP contribution in [0.2, 0.25) is 5.02 Å². The van der Waals surface area contributed by atoms with E-state index in [1.54, 1.807) is 50.3 Å². The molecule has 2 aromatic rings. The summed E-state index contributed by atoms with van der Waals surface area (Å²) >= 11 is 6.29. The van der Waals surface area contributed by atoms with Crippen LogP contribution in [0.1, 0.15) is 64.5 Å². The highest BCUT2D eigenvalue weighted by Gasteiger charge is 2.16. The van der Waals surface area contributed by atoms with Crippen molar-refractivity contribution in [3.8, 4) is 17.2 Å². The molecular formula is C29H39ClO8S. The Balaban J connectivity index is 2.12. The lowest BCUT2D eigenvalue weighted by Crippen LogP contribution is -2.14. The van der Waals surface area contributed by atoms with E-state index in [-0.39, 0.29) is 28.9 Å². The van der Waals surface area contributed by atoms with Crippen molar-refractivity contribution in [2.24, 2.45) is 0 Å². The molecule has 0 fully saturated rings. The second kappa shape index (κ2) is 16.9. The van der Waals surface area contributed by atoms with E-state index < -0.39 is 16.1 Å². The first-order valence-corrected chi connectivity index (χ1v) is 15.3. The molecule has 10 heteroatoms. The summed E-state index contributed by atoms with van der Waals surface area (Å²) in [5, 5.41) is 0.221. The number of rotatable bonds is 18. The largest absolute Gasteiger partial charge is 0.490 e. The number of hydrogen-bond donors (Lipinski definition) is 0. The van der Waals surface area contributed by atoms with Gasteiger partial charge in [-0.2, -0.15) is 8.42 Å². The lowest BCUT2D eigenvalue weighted by Gasteiger charge is -2.14. The zero-order valence-electron chi connectivity index (χ0n) is 23.2. The molecule has 0 saturated carbocycles. The molecule has 0 radical (unpaired) electrons. The van der Waals surface area contributed by atoms with Gasteiger partial charge in [0.15, 0.2) is 17.2 Å². The molecule has 8 nitrogen and oxygen atoms in total. The number of unbranched alkanes of at least 4 members (excludes halogenated alkanes) is 2. The summed E-state index contributed by atoms with van der Waals surface area (Å²) in [7, 11) is -3.68. The van der Waals surface area contributed by atoms with Crippen LogP contribution in [0.3, 0.4) is 0 Å². The SMILES string of the molecule is CCCCOc1cc(/C=C(\OCC)C(=O)OCC)ccc1OCCc1ccc(OS(=O)(=O)CCCC)c(Cl)c1. The van der Waals surface area contributed by atoms with Gasteiger partial charge in [0.05, 0.1) is 37.2 Å². The summed E-state index contributed by atoms with van der Waals surface area (Å²) in [4.78, 5) is 12.2. The highest BCUT2D eigenvalue weighted by molar-refractivity contribution is 7.87. The smallest absolute Gasteiger partial charge is 0.373 e. The molecule has 0 aliphatic heterocycles. The fourth-order valence-electron chi connectivity index (χ4n) is 3.39. The molecule has 2 aromatic carbocycles. The zero-order chi connectivity index (χ0) is 28.7. The van der Waals surface area contributed by atoms with E-state index in [0.29, 0.717) is 49.7 Å². The Morgan fingerprint density at radius 1 is 0.846 bits per heavy atom. The number of ether oxygens (including phenoxy) is 4. The summed E-state index contributed by atoms with van der Waals surface area (Å²) < 4.78 is 51.9. The van der Waals surface area contributed by atoms with Crippen LogP contribution in [0.5, 0.6) is 17.2 Å². The molecule has 2 rings (SSSR count). The van der Waals surface area contributed by atoms with Crippen LogP contribution in [-0.2, 0) is 30.8 Å². The number of hydrogen-bond acceptors (Lipinski definition) is 8. The van der Waals surface area contributed by atoms with Crippen molar-refractivity contribution < 1.29 is 36.3 Å². The predicted octanol–water partition coefficient (Wildman–Crippen LogP) is 6.59. The van der Waals surface area contributed by atoms with Crippen LogP contribution in [0.4, 0.5) is 0 Å². The Bertz CT molecular complexity index is 1190. The van der Waals surface area contributed by atoms with E-state index in [0.717, 1.165) is 24.8 Å². The van der Waals surface area contributed by atoms with Gasteiger partial charge in [-0.05, 0) is 68.2 Å². The first kappa shape index (κ1) is 32.3. The third kappa shape index (κ3) is 11.4. The third-order valence-electron chi connectivity index (χ3n) is 5.41. The maximum absolute atomic E-state index is 12.2. The average molecular weight is 583 g/mol. The van der Waals surface area contributed by atoms with E-state index in [9.17, 15) is 13.2 Å². The third-order valence-corrected chi connectivity index (χ3v) is 6.92. The summed E-state index contributed by atoms with van der Waals surface area (Å²) in [5.41, 5.74) is 1.57. The molecule has 216 valence electrons. The molecule has 39 heavy (non-hydrogen) atoms. The van der Waals surface area contributed by atoms with Crippen LogP contribution < -0.4 is 13.7 Å². The van der Waals surface area contributed by atoms with Gasteiger partial charge in [-0.3, -0.25) is 0 Å². The molecule has 0 heterocycles. The molecular weight excluding hydrogens is 544 g/mol. The second-order valence-corrected chi connectivity index (χ2v) is 10.7. The summed E-state index contributed by atoms with van der Waals surface area (Å²) in [5.74, 6) is 0.766. The Kier molecular flexibility index (Phi) is 14.0. The minimum Gasteiger partial charge on any atom is -0.490 e. The van der Waals surface area contributed by atoms with Gasteiger partial charge in [0.1, 0.15) is 0 Å². The van der Waals surface area contributed by atoms with Gasteiger partial charge in [-0.15, -0.1) is 0 Å². The van der Waals surface area contributed by atoms with Gasteiger partial charge < -0.3 is 23.1 Å². The maximum Gasteiger partial charge on any atom is 0.373 e. The lowest BCUT2D eigenvalue weighted by atomic mass is 10.1. The van der Waals surface area contributed by atoms with Crippen LogP contribution >= 0.6 is 11.6 Å². The van der Waals surface area contributed by atoms with E-state index in [2.05, 4.69) is 6.92 Å². The molecule has 0 aliphatic carbocycles. The first-order valence-electron chi connectivity index (χ1n) is 13.3. The van der Waals surface area contributed by atoms with E-state index in [1.807, 2.05) is 13.0 Å². The molecule has 0 N–H and O–H groups in total. The summed E-state index contributed by atoms with van der Waals surface area (Å²) in [6.07, 6.45) is 5.28. The van der Waals surface area contributed by atoms with Gasteiger partial charge in [-0.25, -0.2) is 4.79 Å². The molecule has 0 saturated heterocycles. The highest BCUT2D eigenvalue weighted by Crippen LogP contribution is 2.31. The Labute approximate surface area is 237 Å².